The first-order valence-corrected chi connectivity index (χ1v) is 11.5. The van der Waals surface area contributed by atoms with Crippen LogP contribution < -0.4 is 5.73 Å². The Morgan fingerprint density at radius 3 is 2.59 bits per heavy atom. The lowest BCUT2D eigenvalue weighted by molar-refractivity contribution is -0.142. The number of nitrogens with zero attached hydrogens (tertiary/aromatic N) is 1. The highest BCUT2D eigenvalue weighted by Crippen LogP contribution is 2.66. The van der Waals surface area contributed by atoms with Crippen molar-refractivity contribution in [2.75, 3.05) is 6.54 Å². The molecule has 0 bridgehead atoms. The number of hydrogen-bond donors (Lipinski definition) is 1. The van der Waals surface area contributed by atoms with Gasteiger partial charge in [0.1, 0.15) is 5.78 Å². The number of fused-ring (bicyclic) bond motifs is 5. The van der Waals surface area contributed by atoms with Crippen LogP contribution in [-0.4, -0.2) is 18.4 Å². The summed E-state index contributed by atoms with van der Waals surface area (Å²) in [7, 11) is 0. The van der Waals surface area contributed by atoms with Gasteiger partial charge in [0.2, 0.25) is 0 Å². The van der Waals surface area contributed by atoms with Crippen molar-refractivity contribution in [3.63, 3.8) is 0 Å². The molecule has 4 aliphatic carbocycles. The molecule has 152 valence electrons. The fourth-order valence-corrected chi connectivity index (χ4v) is 8.11. The minimum Gasteiger partial charge on any atom is -0.330 e. The van der Waals surface area contributed by atoms with E-state index < -0.39 is 0 Å². The third kappa shape index (κ3) is 3.01. The second kappa shape index (κ2) is 7.24. The number of nitrogens with two attached hydrogens (primary N) is 1. The van der Waals surface area contributed by atoms with Crippen molar-refractivity contribution < 1.29 is 4.79 Å². The minimum absolute atomic E-state index is 0.0355. The molecule has 0 amide bonds. The van der Waals surface area contributed by atoms with Gasteiger partial charge in [-0.05, 0) is 92.9 Å². The predicted molar refractivity (Wildman–Crippen MR) is 108 cm³/mol. The summed E-state index contributed by atoms with van der Waals surface area (Å²) in [6.45, 7) is 5.48. The third-order valence-corrected chi connectivity index (χ3v) is 9.70. The number of ketones is 1. The lowest BCUT2D eigenvalue weighted by Gasteiger charge is -2.61. The normalized spacial score (nSPS) is 49.2. The molecule has 4 fully saturated rings. The molecule has 4 nitrogen and oxygen atoms in total. The van der Waals surface area contributed by atoms with Gasteiger partial charge in [0, 0.05) is 11.8 Å². The van der Waals surface area contributed by atoms with Crippen LogP contribution in [0.2, 0.25) is 0 Å². The highest BCUT2D eigenvalue weighted by atomic mass is 16.3. The molecule has 0 aliphatic heterocycles. The first-order chi connectivity index (χ1) is 12.9. The molecule has 27 heavy (non-hydrogen) atoms. The van der Waals surface area contributed by atoms with Crippen molar-refractivity contribution in [2.24, 2.45) is 51.3 Å². The van der Waals surface area contributed by atoms with Crippen LogP contribution in [0.3, 0.4) is 0 Å². The summed E-state index contributed by atoms with van der Waals surface area (Å²) in [5.41, 5.74) is 5.81. The quantitative estimate of drug-likeness (QED) is 0.538. The fraction of sp³-hybridized carbons (Fsp3) is 0.957. The van der Waals surface area contributed by atoms with Crippen LogP contribution in [0.1, 0.15) is 84.5 Å². The number of carbonyl (C=O) groups is 1. The van der Waals surface area contributed by atoms with E-state index >= 15 is 0 Å². The summed E-state index contributed by atoms with van der Waals surface area (Å²) < 4.78 is 0. The Labute approximate surface area is 164 Å². The van der Waals surface area contributed by atoms with E-state index in [4.69, 9.17) is 5.73 Å². The smallest absolute Gasteiger partial charge is 0.139 e. The highest BCUT2D eigenvalue weighted by molar-refractivity contribution is 5.87. The summed E-state index contributed by atoms with van der Waals surface area (Å²) in [5, 5.41) is 3.70. The summed E-state index contributed by atoms with van der Waals surface area (Å²) in [6.07, 6.45) is 12.3. The number of hydrogen-bond acceptors (Lipinski definition) is 4. The average Bonchev–Trinajstić information content (AvgIpc) is 2.96. The summed E-state index contributed by atoms with van der Waals surface area (Å²) in [5.74, 6) is 3.40. The van der Waals surface area contributed by atoms with E-state index in [-0.39, 0.29) is 16.9 Å². The first kappa shape index (κ1) is 19.5. The second-order valence-electron chi connectivity index (χ2n) is 10.7. The average molecular weight is 375 g/mol. The molecule has 0 aromatic rings. The van der Waals surface area contributed by atoms with Crippen LogP contribution in [0, 0.1) is 45.3 Å². The molecular formula is C23H38N2O2. The van der Waals surface area contributed by atoms with E-state index in [9.17, 15) is 9.70 Å². The zero-order chi connectivity index (χ0) is 19.2. The molecule has 4 aliphatic rings. The largest absolute Gasteiger partial charge is 0.330 e. The van der Waals surface area contributed by atoms with E-state index in [0.29, 0.717) is 29.5 Å². The van der Waals surface area contributed by atoms with Crippen molar-refractivity contribution in [3.05, 3.63) is 4.91 Å². The number of carbonyl (C=O) groups excluding carboxylic acids is 1. The maximum atomic E-state index is 12.6. The summed E-state index contributed by atoms with van der Waals surface area (Å²) >= 11 is 0. The molecule has 4 heteroatoms. The monoisotopic (exact) mass is 374 g/mol. The minimum atomic E-state index is -0.114. The molecule has 4 saturated carbocycles. The van der Waals surface area contributed by atoms with Crippen molar-refractivity contribution in [3.8, 4) is 0 Å². The van der Waals surface area contributed by atoms with Gasteiger partial charge in [-0.3, -0.25) is 4.79 Å². The number of Topliss-reactive ketones (excluding diaryl/α,β-unsaturated/α-hetero) is 1. The molecule has 0 saturated heterocycles. The predicted octanol–water partition coefficient (Wildman–Crippen LogP) is 5.09. The fourth-order valence-electron chi connectivity index (χ4n) is 8.11. The number of rotatable bonds is 5. The number of unbranched alkanes of at least 4 members (excludes halogenated alkanes) is 1. The van der Waals surface area contributed by atoms with Crippen LogP contribution in [0.5, 0.6) is 0 Å². The Morgan fingerprint density at radius 2 is 1.85 bits per heavy atom. The van der Waals surface area contributed by atoms with Crippen molar-refractivity contribution in [1.29, 1.82) is 0 Å². The van der Waals surface area contributed by atoms with Crippen molar-refractivity contribution in [1.82, 2.24) is 0 Å². The van der Waals surface area contributed by atoms with E-state index in [1.54, 1.807) is 0 Å². The van der Waals surface area contributed by atoms with Crippen LogP contribution in [0.25, 0.3) is 0 Å². The van der Waals surface area contributed by atoms with Gasteiger partial charge in [-0.1, -0.05) is 31.9 Å². The van der Waals surface area contributed by atoms with Gasteiger partial charge in [0.15, 0.2) is 0 Å². The Hall–Kier alpha value is -0.770. The van der Waals surface area contributed by atoms with E-state index in [2.05, 4.69) is 19.0 Å². The van der Waals surface area contributed by atoms with E-state index in [1.807, 2.05) is 0 Å². The molecular weight excluding hydrogens is 336 g/mol. The molecule has 0 aromatic carbocycles. The van der Waals surface area contributed by atoms with E-state index in [0.717, 1.165) is 44.6 Å². The third-order valence-electron chi connectivity index (χ3n) is 9.70. The Kier molecular flexibility index (Phi) is 5.24. The molecule has 4 rings (SSSR count). The summed E-state index contributed by atoms with van der Waals surface area (Å²) in [4.78, 5) is 24.5. The maximum absolute atomic E-state index is 12.6. The van der Waals surface area contributed by atoms with Crippen LogP contribution in [0.4, 0.5) is 0 Å². The standard InChI is InChI=1S/C23H38N2O2/c1-22-10-8-15(5-3-4-12-24)13-19(22)20(25-27)14-16-17-6-7-21(26)23(17,2)11-9-18(16)22/h15-20H,3-14,24H2,1-2H3/t15-,16-,17-,18-,19?,20?,22+,23-/m0/s1. The van der Waals surface area contributed by atoms with Gasteiger partial charge in [0.25, 0.3) is 0 Å². The van der Waals surface area contributed by atoms with Gasteiger partial charge >= 0.3 is 0 Å². The molecule has 0 heterocycles. The molecule has 2 unspecified atom stereocenters. The Bertz CT molecular complexity index is 593. The summed E-state index contributed by atoms with van der Waals surface area (Å²) in [6, 6.07) is -0.0355. The SMILES string of the molecule is C[C@]12CC[C@H](CCCCN)CC1C(N=O)C[C@@H]1[C@@H]2CC[C@]2(C)C(=O)CC[C@@H]12. The van der Waals surface area contributed by atoms with Gasteiger partial charge in [-0.2, -0.15) is 4.91 Å². The topological polar surface area (TPSA) is 72.5 Å². The Morgan fingerprint density at radius 1 is 1.04 bits per heavy atom. The van der Waals surface area contributed by atoms with Crippen LogP contribution in [0.15, 0.2) is 5.18 Å². The zero-order valence-electron chi connectivity index (χ0n) is 17.3. The van der Waals surface area contributed by atoms with Gasteiger partial charge < -0.3 is 5.73 Å². The lowest BCUT2D eigenvalue weighted by atomic mass is 9.43. The van der Waals surface area contributed by atoms with Gasteiger partial charge in [-0.25, -0.2) is 0 Å². The zero-order valence-corrected chi connectivity index (χ0v) is 17.3. The second-order valence-corrected chi connectivity index (χ2v) is 10.7. The molecule has 2 N–H and O–H groups in total. The maximum Gasteiger partial charge on any atom is 0.139 e. The molecule has 0 radical (unpaired) electrons. The first-order valence-electron chi connectivity index (χ1n) is 11.5. The molecule has 0 aromatic heterocycles. The highest BCUT2D eigenvalue weighted by Gasteiger charge is 2.62. The van der Waals surface area contributed by atoms with Crippen molar-refractivity contribution in [2.45, 2.75) is 90.5 Å². The Balaban J connectivity index is 1.55. The lowest BCUT2D eigenvalue weighted by Crippen LogP contribution is -2.57. The number of nitroso groups, excluding NO2 is 1. The molecule has 8 atom stereocenters. The van der Waals surface area contributed by atoms with Crippen LogP contribution >= 0.6 is 0 Å². The van der Waals surface area contributed by atoms with Gasteiger partial charge in [-0.15, -0.1) is 0 Å². The van der Waals surface area contributed by atoms with Gasteiger partial charge in [0.05, 0.1) is 6.04 Å². The van der Waals surface area contributed by atoms with E-state index in [1.165, 1.54) is 38.5 Å². The van der Waals surface area contributed by atoms with Crippen molar-refractivity contribution >= 4 is 5.78 Å². The molecule has 0 spiro atoms. The van der Waals surface area contributed by atoms with Crippen LogP contribution in [-0.2, 0) is 4.79 Å².